The maximum Gasteiger partial charge on any atom is 0.241 e. The van der Waals surface area contributed by atoms with Crippen LogP contribution in [0.2, 0.25) is 5.02 Å². The van der Waals surface area contributed by atoms with Crippen molar-refractivity contribution in [3.63, 3.8) is 0 Å². The minimum Gasteiger partial charge on any atom is -0.379 e. The Balaban J connectivity index is 1.11. The SMILES string of the molecule is O=C(NCc1cccc(CN2CCOCC2)c1)C1CCCN(Cc2nc(-c3ccc(Cl)cc3)no2)C1. The molecule has 3 heterocycles. The summed E-state index contributed by atoms with van der Waals surface area (Å²) in [7, 11) is 0. The Morgan fingerprint density at radius 1 is 1.03 bits per heavy atom. The number of ether oxygens (including phenoxy) is 1. The number of nitrogens with zero attached hydrogens (tertiary/aromatic N) is 4. The molecule has 1 N–H and O–H groups in total. The third-order valence-corrected chi connectivity index (χ3v) is 7.03. The number of amides is 1. The first kappa shape index (κ1) is 24.9. The summed E-state index contributed by atoms with van der Waals surface area (Å²) in [5, 5.41) is 7.92. The Morgan fingerprint density at radius 3 is 2.67 bits per heavy atom. The molecule has 2 saturated heterocycles. The van der Waals surface area contributed by atoms with Gasteiger partial charge in [0.05, 0.1) is 25.7 Å². The van der Waals surface area contributed by atoms with E-state index < -0.39 is 0 Å². The van der Waals surface area contributed by atoms with E-state index in [0.717, 1.165) is 63.4 Å². The van der Waals surface area contributed by atoms with E-state index in [1.807, 2.05) is 12.1 Å². The lowest BCUT2D eigenvalue weighted by molar-refractivity contribution is -0.127. The summed E-state index contributed by atoms with van der Waals surface area (Å²) in [5.74, 6) is 1.15. The highest BCUT2D eigenvalue weighted by Gasteiger charge is 2.27. The van der Waals surface area contributed by atoms with Crippen LogP contribution in [0.4, 0.5) is 0 Å². The zero-order valence-electron chi connectivity index (χ0n) is 20.4. The molecule has 2 fully saturated rings. The number of halogens is 1. The first-order valence-electron chi connectivity index (χ1n) is 12.6. The summed E-state index contributed by atoms with van der Waals surface area (Å²) < 4.78 is 10.9. The zero-order chi connectivity index (χ0) is 24.7. The molecule has 0 radical (unpaired) electrons. The minimum absolute atomic E-state index is 0.0473. The first-order chi connectivity index (χ1) is 17.6. The molecule has 2 aliphatic heterocycles. The monoisotopic (exact) mass is 509 g/mol. The van der Waals surface area contributed by atoms with Gasteiger partial charge in [-0.1, -0.05) is 41.0 Å². The number of rotatable bonds is 8. The Morgan fingerprint density at radius 2 is 1.83 bits per heavy atom. The maximum absolute atomic E-state index is 13.0. The van der Waals surface area contributed by atoms with Gasteiger partial charge in [0, 0.05) is 43.3 Å². The third kappa shape index (κ3) is 6.70. The number of morpholine rings is 1. The highest BCUT2D eigenvalue weighted by atomic mass is 35.5. The molecule has 36 heavy (non-hydrogen) atoms. The van der Waals surface area contributed by atoms with Gasteiger partial charge < -0.3 is 14.6 Å². The van der Waals surface area contributed by atoms with Crippen LogP contribution in [0.3, 0.4) is 0 Å². The predicted octanol–water partition coefficient (Wildman–Crippen LogP) is 3.75. The largest absolute Gasteiger partial charge is 0.379 e. The lowest BCUT2D eigenvalue weighted by Gasteiger charge is -2.30. The van der Waals surface area contributed by atoms with E-state index >= 15 is 0 Å². The number of aromatic nitrogens is 2. The second-order valence-corrected chi connectivity index (χ2v) is 9.96. The fourth-order valence-electron chi connectivity index (χ4n) is 4.83. The van der Waals surface area contributed by atoms with Gasteiger partial charge in [-0.3, -0.25) is 14.6 Å². The van der Waals surface area contributed by atoms with Gasteiger partial charge in [-0.15, -0.1) is 0 Å². The van der Waals surface area contributed by atoms with Gasteiger partial charge in [0.15, 0.2) is 0 Å². The molecule has 1 amide bonds. The van der Waals surface area contributed by atoms with Gasteiger partial charge >= 0.3 is 0 Å². The predicted molar refractivity (Wildman–Crippen MR) is 137 cm³/mol. The molecule has 1 atom stereocenters. The van der Waals surface area contributed by atoms with Crippen molar-refractivity contribution in [1.29, 1.82) is 0 Å². The molecule has 3 aromatic rings. The highest BCUT2D eigenvalue weighted by molar-refractivity contribution is 6.30. The molecular weight excluding hydrogens is 478 g/mol. The number of hydrogen-bond acceptors (Lipinski definition) is 7. The molecule has 9 heteroatoms. The number of piperidine rings is 1. The Bertz CT molecular complexity index is 1150. The van der Waals surface area contributed by atoms with Crippen LogP contribution in [-0.2, 0) is 29.2 Å². The van der Waals surface area contributed by atoms with Crippen LogP contribution in [0.5, 0.6) is 0 Å². The van der Waals surface area contributed by atoms with Gasteiger partial charge in [0.2, 0.25) is 17.6 Å². The van der Waals surface area contributed by atoms with E-state index in [4.69, 9.17) is 20.9 Å². The van der Waals surface area contributed by atoms with Crippen LogP contribution >= 0.6 is 11.6 Å². The topological polar surface area (TPSA) is 83.7 Å². The van der Waals surface area contributed by atoms with Crippen LogP contribution in [0.15, 0.2) is 53.1 Å². The van der Waals surface area contributed by atoms with Gasteiger partial charge in [0.25, 0.3) is 0 Å². The van der Waals surface area contributed by atoms with E-state index in [1.54, 1.807) is 12.1 Å². The van der Waals surface area contributed by atoms with E-state index in [9.17, 15) is 4.79 Å². The second-order valence-electron chi connectivity index (χ2n) is 9.52. The summed E-state index contributed by atoms with van der Waals surface area (Å²) in [6.45, 7) is 7.10. The van der Waals surface area contributed by atoms with Crippen LogP contribution < -0.4 is 5.32 Å². The van der Waals surface area contributed by atoms with Crippen LogP contribution in [0, 0.1) is 5.92 Å². The standard InChI is InChI=1S/C27H32ClN5O3/c28-24-8-6-22(7-9-24)26-30-25(36-31-26)19-33-10-2-5-23(18-33)27(34)29-16-20-3-1-4-21(15-20)17-32-11-13-35-14-12-32/h1,3-4,6-9,15,23H,2,5,10-14,16-19H2,(H,29,34). The molecule has 8 nitrogen and oxygen atoms in total. The molecule has 0 saturated carbocycles. The number of carbonyl (C=O) groups excluding carboxylic acids is 1. The summed E-state index contributed by atoms with van der Waals surface area (Å²) in [4.78, 5) is 22.1. The van der Waals surface area contributed by atoms with Gasteiger partial charge in [0.1, 0.15) is 0 Å². The van der Waals surface area contributed by atoms with Crippen molar-refractivity contribution in [3.8, 4) is 11.4 Å². The van der Waals surface area contributed by atoms with E-state index in [1.165, 1.54) is 5.56 Å². The molecule has 0 spiro atoms. The van der Waals surface area contributed by atoms with Gasteiger partial charge in [-0.05, 0) is 54.8 Å². The molecule has 190 valence electrons. The highest BCUT2D eigenvalue weighted by Crippen LogP contribution is 2.22. The first-order valence-corrected chi connectivity index (χ1v) is 13.0. The smallest absolute Gasteiger partial charge is 0.241 e. The number of nitrogens with one attached hydrogen (secondary N) is 1. The molecule has 0 aliphatic carbocycles. The van der Waals surface area contributed by atoms with E-state index in [0.29, 0.717) is 36.4 Å². The second kappa shape index (κ2) is 12.0. The Labute approximate surface area is 216 Å². The third-order valence-electron chi connectivity index (χ3n) is 6.77. The van der Waals surface area contributed by atoms with Crippen molar-refractivity contribution in [3.05, 3.63) is 70.6 Å². The zero-order valence-corrected chi connectivity index (χ0v) is 21.1. The van der Waals surface area contributed by atoms with E-state index in [2.05, 4.69) is 49.5 Å². The number of carbonyl (C=O) groups is 1. The summed E-state index contributed by atoms with van der Waals surface area (Å²) in [6, 6.07) is 15.8. The maximum atomic E-state index is 13.0. The van der Waals surface area contributed by atoms with Gasteiger partial charge in [-0.2, -0.15) is 4.98 Å². The van der Waals surface area contributed by atoms with E-state index in [-0.39, 0.29) is 11.8 Å². The van der Waals surface area contributed by atoms with Crippen molar-refractivity contribution in [2.24, 2.45) is 5.92 Å². The molecular formula is C27H32ClN5O3. The number of hydrogen-bond donors (Lipinski definition) is 1. The molecule has 5 rings (SSSR count). The summed E-state index contributed by atoms with van der Waals surface area (Å²) in [5.41, 5.74) is 3.26. The number of likely N-dealkylation sites (tertiary alicyclic amines) is 1. The fourth-order valence-corrected chi connectivity index (χ4v) is 4.95. The van der Waals surface area contributed by atoms with Crippen molar-refractivity contribution in [1.82, 2.24) is 25.3 Å². The normalized spacial score (nSPS) is 19.3. The fraction of sp³-hybridized carbons (Fsp3) is 0.444. The quantitative estimate of drug-likeness (QED) is 0.495. The van der Waals surface area contributed by atoms with Crippen molar-refractivity contribution >= 4 is 17.5 Å². The molecule has 1 aromatic heterocycles. The number of benzene rings is 2. The lowest BCUT2D eigenvalue weighted by atomic mass is 9.97. The van der Waals surface area contributed by atoms with Gasteiger partial charge in [-0.25, -0.2) is 0 Å². The molecule has 2 aromatic carbocycles. The Kier molecular flexibility index (Phi) is 8.28. The average Bonchev–Trinajstić information content (AvgIpc) is 3.37. The minimum atomic E-state index is -0.0473. The van der Waals surface area contributed by atoms with Crippen molar-refractivity contribution in [2.75, 3.05) is 39.4 Å². The lowest BCUT2D eigenvalue weighted by Crippen LogP contribution is -2.42. The van der Waals surface area contributed by atoms with Crippen LogP contribution in [0.1, 0.15) is 29.9 Å². The summed E-state index contributed by atoms with van der Waals surface area (Å²) >= 11 is 5.96. The Hall–Kier alpha value is -2.78. The molecule has 2 aliphatic rings. The molecule has 0 bridgehead atoms. The summed E-state index contributed by atoms with van der Waals surface area (Å²) in [6.07, 6.45) is 1.85. The van der Waals surface area contributed by atoms with Crippen LogP contribution in [0.25, 0.3) is 11.4 Å². The molecule has 1 unspecified atom stereocenters. The van der Waals surface area contributed by atoms with Crippen LogP contribution in [-0.4, -0.2) is 65.2 Å². The van der Waals surface area contributed by atoms with Crippen molar-refractivity contribution in [2.45, 2.75) is 32.5 Å². The van der Waals surface area contributed by atoms with Crippen molar-refractivity contribution < 1.29 is 14.1 Å². The average molecular weight is 510 g/mol.